The monoisotopic (exact) mass is 608 g/mol. The van der Waals surface area contributed by atoms with Gasteiger partial charge in [0, 0.05) is 28.7 Å². The molecule has 40 heavy (non-hydrogen) atoms. The molecule has 0 spiro atoms. The Morgan fingerprint density at radius 1 is 1.10 bits per heavy atom. The van der Waals surface area contributed by atoms with Gasteiger partial charge in [0.15, 0.2) is 5.76 Å². The number of carbonyl (C=O) groups excluding carboxylic acids is 1. The largest absolute Gasteiger partial charge is 0.486 e. The van der Waals surface area contributed by atoms with E-state index in [1.54, 1.807) is 32.9 Å². The van der Waals surface area contributed by atoms with Crippen LogP contribution in [0.25, 0.3) is 5.69 Å². The first-order valence-corrected chi connectivity index (χ1v) is 13.2. The Hall–Kier alpha value is -4.38. The number of hydrazone groups is 1. The van der Waals surface area contributed by atoms with Crippen molar-refractivity contribution in [1.29, 1.82) is 0 Å². The maximum Gasteiger partial charge on any atom is 0.312 e. The van der Waals surface area contributed by atoms with E-state index in [-0.39, 0.29) is 23.8 Å². The second kappa shape index (κ2) is 11.8. The number of furan rings is 1. The van der Waals surface area contributed by atoms with Crippen LogP contribution in [0.5, 0.6) is 11.5 Å². The average molecular weight is 609 g/mol. The number of aryl methyl sites for hydroxylation is 2. The summed E-state index contributed by atoms with van der Waals surface area (Å²) in [5.41, 5.74) is 5.24. The van der Waals surface area contributed by atoms with Crippen LogP contribution >= 0.6 is 15.9 Å². The van der Waals surface area contributed by atoms with Crippen LogP contribution in [0.1, 0.15) is 54.0 Å². The molecular formula is C29H29BrN4O6. The zero-order valence-corrected chi connectivity index (χ0v) is 24.3. The van der Waals surface area contributed by atoms with Crippen LogP contribution in [0.15, 0.2) is 74.7 Å². The minimum Gasteiger partial charge on any atom is -0.486 e. The lowest BCUT2D eigenvalue weighted by Crippen LogP contribution is -2.23. The molecule has 0 saturated carbocycles. The number of ether oxygens (including phenoxy) is 2. The Kier molecular flexibility index (Phi) is 8.43. The molecule has 1 N–H and O–H groups in total. The molecule has 2 aromatic heterocycles. The van der Waals surface area contributed by atoms with E-state index in [0.29, 0.717) is 21.5 Å². The summed E-state index contributed by atoms with van der Waals surface area (Å²) in [6, 6.07) is 17.9. The molecule has 2 aromatic carbocycles. The number of amides is 1. The third-order valence-corrected chi connectivity index (χ3v) is 6.25. The van der Waals surface area contributed by atoms with Gasteiger partial charge in [-0.2, -0.15) is 5.10 Å². The van der Waals surface area contributed by atoms with Crippen molar-refractivity contribution in [2.24, 2.45) is 5.10 Å². The lowest BCUT2D eigenvalue weighted by atomic mass is 10.1. The standard InChI is InChI=1S/C29H29BrN4O6/c1-18-6-7-19(2)33(18)21-8-10-22(11-9-21)38-17-23-12-13-26(39-23)28(35)32-31-16-20-14-24(30)27(40-29(3,4)5)25(15-20)34(36)37/h6-16H,17H2,1-5H3,(H,32,35)/b31-16+. The van der Waals surface area contributed by atoms with Crippen LogP contribution in [0.3, 0.4) is 0 Å². The summed E-state index contributed by atoms with van der Waals surface area (Å²) in [7, 11) is 0. The van der Waals surface area contributed by atoms with Gasteiger partial charge in [0.2, 0.25) is 5.75 Å². The summed E-state index contributed by atoms with van der Waals surface area (Å²) in [6.45, 7) is 9.63. The molecule has 4 aromatic rings. The lowest BCUT2D eigenvalue weighted by Gasteiger charge is -2.22. The molecule has 0 unspecified atom stereocenters. The minimum atomic E-state index is -0.629. The van der Waals surface area contributed by atoms with E-state index in [9.17, 15) is 14.9 Å². The van der Waals surface area contributed by atoms with Gasteiger partial charge in [-0.1, -0.05) is 0 Å². The molecular weight excluding hydrogens is 580 g/mol. The highest BCUT2D eigenvalue weighted by atomic mass is 79.9. The molecule has 11 heteroatoms. The van der Waals surface area contributed by atoms with Crippen LogP contribution in [0, 0.1) is 24.0 Å². The molecule has 0 bridgehead atoms. The van der Waals surface area contributed by atoms with Crippen molar-refractivity contribution in [1.82, 2.24) is 9.99 Å². The summed E-state index contributed by atoms with van der Waals surface area (Å²) in [4.78, 5) is 23.5. The number of halogens is 1. The van der Waals surface area contributed by atoms with Crippen molar-refractivity contribution in [3.63, 3.8) is 0 Å². The number of nitrogens with one attached hydrogen (secondary N) is 1. The molecule has 2 heterocycles. The maximum atomic E-state index is 12.5. The van der Waals surface area contributed by atoms with Gasteiger partial charge in [-0.05, 0) is 105 Å². The highest BCUT2D eigenvalue weighted by Crippen LogP contribution is 2.38. The van der Waals surface area contributed by atoms with E-state index in [2.05, 4.69) is 57.0 Å². The number of hydrogen-bond donors (Lipinski definition) is 1. The summed E-state index contributed by atoms with van der Waals surface area (Å²) in [6.07, 6.45) is 1.30. The molecule has 0 atom stereocenters. The van der Waals surface area contributed by atoms with Crippen molar-refractivity contribution in [3.8, 4) is 17.2 Å². The zero-order chi connectivity index (χ0) is 29.0. The molecule has 208 valence electrons. The molecule has 0 aliphatic carbocycles. The van der Waals surface area contributed by atoms with Crippen molar-refractivity contribution >= 4 is 33.7 Å². The summed E-state index contributed by atoms with van der Waals surface area (Å²) < 4.78 is 19.7. The molecule has 0 aliphatic rings. The number of nitro groups is 1. The predicted octanol–water partition coefficient (Wildman–Crippen LogP) is 6.88. The second-order valence-corrected chi connectivity index (χ2v) is 10.9. The number of nitro benzene ring substituents is 1. The molecule has 0 radical (unpaired) electrons. The summed E-state index contributed by atoms with van der Waals surface area (Å²) in [5, 5.41) is 15.5. The quantitative estimate of drug-likeness (QED) is 0.126. The van der Waals surface area contributed by atoms with Gasteiger partial charge < -0.3 is 18.5 Å². The van der Waals surface area contributed by atoms with Gasteiger partial charge in [-0.25, -0.2) is 5.43 Å². The van der Waals surface area contributed by atoms with E-state index in [0.717, 1.165) is 17.1 Å². The Morgan fingerprint density at radius 3 is 2.40 bits per heavy atom. The first-order valence-electron chi connectivity index (χ1n) is 12.4. The normalized spacial score (nSPS) is 11.6. The van der Waals surface area contributed by atoms with E-state index in [4.69, 9.17) is 13.9 Å². The highest BCUT2D eigenvalue weighted by Gasteiger charge is 2.24. The van der Waals surface area contributed by atoms with Gasteiger partial charge in [0.05, 0.1) is 15.6 Å². The molecule has 0 aliphatic heterocycles. The zero-order valence-electron chi connectivity index (χ0n) is 22.7. The van der Waals surface area contributed by atoms with Crippen molar-refractivity contribution in [2.45, 2.75) is 46.8 Å². The third-order valence-electron chi connectivity index (χ3n) is 5.66. The Morgan fingerprint density at radius 2 is 1.77 bits per heavy atom. The fourth-order valence-electron chi connectivity index (χ4n) is 3.94. The van der Waals surface area contributed by atoms with E-state index < -0.39 is 16.4 Å². The van der Waals surface area contributed by atoms with Gasteiger partial charge in [0.1, 0.15) is 23.7 Å². The topological polar surface area (TPSA) is 121 Å². The molecule has 1 amide bonds. The molecule has 4 rings (SSSR count). The van der Waals surface area contributed by atoms with Crippen LogP contribution in [0.2, 0.25) is 0 Å². The molecule has 0 saturated heterocycles. The number of benzene rings is 2. The van der Waals surface area contributed by atoms with Crippen molar-refractivity contribution < 1.29 is 23.6 Å². The fourth-order valence-corrected chi connectivity index (χ4v) is 4.48. The maximum absolute atomic E-state index is 12.5. The van der Waals surface area contributed by atoms with Gasteiger partial charge in [-0.3, -0.25) is 14.9 Å². The van der Waals surface area contributed by atoms with Crippen LogP contribution < -0.4 is 14.9 Å². The Balaban J connectivity index is 1.35. The third kappa shape index (κ3) is 6.97. The Bertz CT molecular complexity index is 1540. The number of aromatic nitrogens is 1. The van der Waals surface area contributed by atoms with E-state index in [1.165, 1.54) is 18.3 Å². The first kappa shape index (κ1) is 28.6. The predicted molar refractivity (Wildman–Crippen MR) is 155 cm³/mol. The van der Waals surface area contributed by atoms with Gasteiger partial charge in [0.25, 0.3) is 0 Å². The van der Waals surface area contributed by atoms with Crippen LogP contribution in [-0.2, 0) is 6.61 Å². The molecule has 10 nitrogen and oxygen atoms in total. The van der Waals surface area contributed by atoms with E-state index in [1.807, 2.05) is 24.3 Å². The molecule has 0 fully saturated rings. The number of carbonyl (C=O) groups is 1. The van der Waals surface area contributed by atoms with E-state index >= 15 is 0 Å². The number of hydrogen-bond acceptors (Lipinski definition) is 7. The number of rotatable bonds is 9. The Labute approximate surface area is 239 Å². The van der Waals surface area contributed by atoms with Gasteiger partial charge in [-0.15, -0.1) is 0 Å². The smallest absolute Gasteiger partial charge is 0.312 e. The lowest BCUT2D eigenvalue weighted by molar-refractivity contribution is -0.386. The van der Waals surface area contributed by atoms with Crippen LogP contribution in [-0.4, -0.2) is 27.2 Å². The number of nitrogens with zero attached hydrogens (tertiary/aromatic N) is 3. The fraction of sp³-hybridized carbons (Fsp3) is 0.241. The summed E-state index contributed by atoms with van der Waals surface area (Å²) >= 11 is 3.32. The van der Waals surface area contributed by atoms with Gasteiger partial charge >= 0.3 is 11.6 Å². The highest BCUT2D eigenvalue weighted by molar-refractivity contribution is 9.10. The SMILES string of the molecule is Cc1ccc(C)n1-c1ccc(OCc2ccc(C(=O)N/N=C/c3cc(Br)c(OC(C)(C)C)c([N+](=O)[O-])c3)o2)cc1. The van der Waals surface area contributed by atoms with Crippen LogP contribution in [0.4, 0.5) is 5.69 Å². The second-order valence-electron chi connectivity index (χ2n) is 10.0. The first-order chi connectivity index (χ1) is 18.9. The average Bonchev–Trinajstić information content (AvgIpc) is 3.50. The van der Waals surface area contributed by atoms with Crippen molar-refractivity contribution in [3.05, 3.63) is 104 Å². The van der Waals surface area contributed by atoms with Crippen molar-refractivity contribution in [2.75, 3.05) is 0 Å². The minimum absolute atomic E-state index is 0.0470. The summed E-state index contributed by atoms with van der Waals surface area (Å²) in [5.74, 6) is 0.712.